The predicted octanol–water partition coefficient (Wildman–Crippen LogP) is 2.86. The first-order chi connectivity index (χ1) is 6.30. The molecule has 14 heavy (non-hydrogen) atoms. The first-order valence-corrected chi connectivity index (χ1v) is 4.37. The van der Waals surface area contributed by atoms with Gasteiger partial charge in [0.15, 0.2) is 0 Å². The molecule has 0 bridgehead atoms. The average molecular weight is 275 g/mol. The van der Waals surface area contributed by atoms with Crippen LogP contribution in [0.4, 0.5) is 0 Å². The minimum absolute atomic E-state index is 0. The molecule has 0 fully saturated rings. The predicted molar refractivity (Wildman–Crippen MR) is 54.7 cm³/mol. The fourth-order valence-electron chi connectivity index (χ4n) is 0.988. The average Bonchev–Trinajstić information content (AvgIpc) is 2.82. The molecule has 2 heteroatoms. The molecule has 0 saturated carbocycles. The van der Waals surface area contributed by atoms with Crippen molar-refractivity contribution in [2.45, 2.75) is 13.0 Å². The minimum Gasteiger partial charge on any atom is -0.391 e. The maximum atomic E-state index is 8.91. The van der Waals surface area contributed by atoms with Gasteiger partial charge in [-0.25, -0.2) is 24.3 Å². The minimum atomic E-state index is -0.315. The van der Waals surface area contributed by atoms with E-state index >= 15 is 0 Å². The molecule has 0 aliphatic heterocycles. The summed E-state index contributed by atoms with van der Waals surface area (Å²) >= 11 is 0. The van der Waals surface area contributed by atoms with Crippen molar-refractivity contribution in [1.82, 2.24) is 0 Å². The van der Waals surface area contributed by atoms with Gasteiger partial charge in [0.25, 0.3) is 0 Å². The Morgan fingerprint density at radius 2 is 1.79 bits per heavy atom. The molecule has 0 aliphatic carbocycles. The van der Waals surface area contributed by atoms with Crippen LogP contribution >= 0.6 is 0 Å². The van der Waals surface area contributed by atoms with Crippen molar-refractivity contribution in [1.29, 1.82) is 0 Å². The Bertz CT molecular complexity index is 265. The van der Waals surface area contributed by atoms with E-state index < -0.39 is 0 Å². The van der Waals surface area contributed by atoms with E-state index in [1.807, 2.05) is 54.6 Å². The number of hydrogen-bond donors (Lipinski definition) is 1. The van der Waals surface area contributed by atoms with Gasteiger partial charge in [0.2, 0.25) is 0 Å². The second kappa shape index (κ2) is 7.67. The summed E-state index contributed by atoms with van der Waals surface area (Å²) < 4.78 is 0. The summed E-state index contributed by atoms with van der Waals surface area (Å²) in [5.74, 6) is 0. The molecule has 1 nitrogen and oxygen atoms in total. The van der Waals surface area contributed by atoms with E-state index in [1.54, 1.807) is 6.92 Å². The zero-order chi connectivity index (χ0) is 9.52. The third-order valence-electron chi connectivity index (χ3n) is 1.73. The van der Waals surface area contributed by atoms with E-state index in [0.717, 1.165) is 5.56 Å². The third-order valence-corrected chi connectivity index (χ3v) is 1.73. The molecule has 0 heterocycles. The molecule has 2 aromatic carbocycles. The van der Waals surface area contributed by atoms with Crippen LogP contribution in [0.15, 0.2) is 54.6 Å². The van der Waals surface area contributed by atoms with E-state index in [-0.39, 0.29) is 25.6 Å². The molecular formula is C12H14ORu. The first-order valence-electron chi connectivity index (χ1n) is 4.37. The summed E-state index contributed by atoms with van der Waals surface area (Å²) in [7, 11) is 0. The Morgan fingerprint density at radius 1 is 1.14 bits per heavy atom. The van der Waals surface area contributed by atoms with E-state index in [4.69, 9.17) is 5.11 Å². The molecule has 76 valence electrons. The standard InChI is InChI=1S/C7H9O.C5H5.Ru/c1-6(8)7-4-2-3-5-7;1-2-4-5-3-1;/h2-6,8H,1H3;1-5H;/q2*-1;+2. The fourth-order valence-corrected chi connectivity index (χ4v) is 0.988. The van der Waals surface area contributed by atoms with Crippen LogP contribution in [0.1, 0.15) is 18.6 Å². The Hall–Kier alpha value is -0.717. The van der Waals surface area contributed by atoms with E-state index in [2.05, 4.69) is 0 Å². The van der Waals surface area contributed by atoms with Crippen molar-refractivity contribution in [2.75, 3.05) is 0 Å². The summed E-state index contributed by atoms with van der Waals surface area (Å²) in [5, 5.41) is 8.91. The van der Waals surface area contributed by atoms with Gasteiger partial charge in [0.05, 0.1) is 6.10 Å². The Balaban J connectivity index is 0.000000246. The molecular weight excluding hydrogens is 261 g/mol. The molecule has 1 unspecified atom stereocenters. The van der Waals surface area contributed by atoms with Crippen LogP contribution in [0.25, 0.3) is 0 Å². The second-order valence-corrected chi connectivity index (χ2v) is 2.86. The van der Waals surface area contributed by atoms with Gasteiger partial charge >= 0.3 is 19.5 Å². The van der Waals surface area contributed by atoms with Crippen LogP contribution in [-0.2, 0) is 19.5 Å². The molecule has 0 amide bonds. The van der Waals surface area contributed by atoms with Crippen LogP contribution in [0.2, 0.25) is 0 Å². The van der Waals surface area contributed by atoms with Crippen molar-refractivity contribution in [3.05, 3.63) is 60.2 Å². The van der Waals surface area contributed by atoms with Gasteiger partial charge < -0.3 is 5.11 Å². The maximum Gasteiger partial charge on any atom is 2.00 e. The van der Waals surface area contributed by atoms with Crippen molar-refractivity contribution in [3.63, 3.8) is 0 Å². The largest absolute Gasteiger partial charge is 2.00 e. The van der Waals surface area contributed by atoms with Crippen molar-refractivity contribution in [2.24, 2.45) is 0 Å². The van der Waals surface area contributed by atoms with E-state index in [9.17, 15) is 0 Å². The number of rotatable bonds is 1. The number of hydrogen-bond acceptors (Lipinski definition) is 1. The number of aliphatic hydroxyl groups is 1. The molecule has 0 spiro atoms. The molecule has 2 aromatic rings. The van der Waals surface area contributed by atoms with E-state index in [1.165, 1.54) is 0 Å². The van der Waals surface area contributed by atoms with Crippen molar-refractivity contribution >= 4 is 0 Å². The number of aliphatic hydroxyl groups excluding tert-OH is 1. The topological polar surface area (TPSA) is 20.2 Å². The summed E-state index contributed by atoms with van der Waals surface area (Å²) in [4.78, 5) is 0. The SMILES string of the molecule is CC(O)c1ccc[cH-]1.[Ru+2].c1cc[cH-]c1. The summed E-state index contributed by atoms with van der Waals surface area (Å²) in [6.45, 7) is 1.76. The molecule has 0 saturated heterocycles. The Labute approximate surface area is 97.9 Å². The summed E-state index contributed by atoms with van der Waals surface area (Å²) in [6.07, 6.45) is -0.315. The molecule has 0 radical (unpaired) electrons. The van der Waals surface area contributed by atoms with Gasteiger partial charge in [-0.15, -0.1) is 5.56 Å². The van der Waals surface area contributed by atoms with Crippen molar-refractivity contribution < 1.29 is 24.6 Å². The van der Waals surface area contributed by atoms with Crippen LogP contribution < -0.4 is 0 Å². The molecule has 0 aliphatic rings. The van der Waals surface area contributed by atoms with Crippen LogP contribution in [0.5, 0.6) is 0 Å². The quantitative estimate of drug-likeness (QED) is 0.627. The van der Waals surface area contributed by atoms with Gasteiger partial charge in [-0.3, -0.25) is 0 Å². The smallest absolute Gasteiger partial charge is 0.391 e. The van der Waals surface area contributed by atoms with Gasteiger partial charge in [0, 0.05) is 0 Å². The maximum absolute atomic E-state index is 8.91. The monoisotopic (exact) mass is 276 g/mol. The first kappa shape index (κ1) is 13.3. The summed E-state index contributed by atoms with van der Waals surface area (Å²) in [5.41, 5.74) is 0.991. The zero-order valence-corrected chi connectivity index (χ0v) is 9.81. The molecule has 1 N–H and O–H groups in total. The molecule has 2 rings (SSSR count). The Kier molecular flexibility index (Phi) is 7.27. The van der Waals surface area contributed by atoms with E-state index in [0.29, 0.717) is 0 Å². The summed E-state index contributed by atoms with van der Waals surface area (Å²) in [6, 6.07) is 17.7. The molecule has 0 aromatic heterocycles. The van der Waals surface area contributed by atoms with Gasteiger partial charge in [-0.2, -0.15) is 30.3 Å². The third kappa shape index (κ3) is 5.11. The normalized spacial score (nSPS) is 10.7. The van der Waals surface area contributed by atoms with Crippen LogP contribution in [0.3, 0.4) is 0 Å². The van der Waals surface area contributed by atoms with Crippen molar-refractivity contribution in [3.8, 4) is 0 Å². The van der Waals surface area contributed by atoms with Crippen LogP contribution in [-0.4, -0.2) is 5.11 Å². The Morgan fingerprint density at radius 3 is 2.00 bits per heavy atom. The van der Waals surface area contributed by atoms with Gasteiger partial charge in [-0.05, 0) is 6.92 Å². The zero-order valence-electron chi connectivity index (χ0n) is 8.07. The van der Waals surface area contributed by atoms with Gasteiger partial charge in [0.1, 0.15) is 0 Å². The molecule has 1 atom stereocenters. The van der Waals surface area contributed by atoms with Gasteiger partial charge in [-0.1, -0.05) is 0 Å². The fraction of sp³-hybridized carbons (Fsp3) is 0.167. The second-order valence-electron chi connectivity index (χ2n) is 2.86. The van der Waals surface area contributed by atoms with Crippen LogP contribution in [0, 0.1) is 0 Å².